The molecule has 114 valence electrons. The minimum atomic E-state index is -0.638. The van der Waals surface area contributed by atoms with Gasteiger partial charge in [0.2, 0.25) is 0 Å². The fourth-order valence-electron chi connectivity index (χ4n) is 1.79. The van der Waals surface area contributed by atoms with Crippen molar-refractivity contribution in [2.75, 3.05) is 33.5 Å². The molecule has 2 atom stereocenters. The van der Waals surface area contributed by atoms with Crippen molar-refractivity contribution in [1.82, 2.24) is 5.32 Å². The lowest BCUT2D eigenvalue weighted by atomic mass is 10.1. The smallest absolute Gasteiger partial charge is 0.122 e. The van der Waals surface area contributed by atoms with Gasteiger partial charge in [-0.25, -0.2) is 0 Å². The van der Waals surface area contributed by atoms with E-state index in [1.807, 2.05) is 32.0 Å². The van der Waals surface area contributed by atoms with Crippen molar-refractivity contribution in [1.29, 1.82) is 0 Å². The molecule has 0 saturated carbocycles. The molecule has 0 spiro atoms. The highest BCUT2D eigenvalue weighted by Gasteiger charge is 2.11. The summed E-state index contributed by atoms with van der Waals surface area (Å²) in [6.45, 7) is 4.90. The summed E-state index contributed by atoms with van der Waals surface area (Å²) in [6, 6.07) is 5.80. The van der Waals surface area contributed by atoms with Crippen LogP contribution in [-0.2, 0) is 4.74 Å². The molecule has 0 aliphatic carbocycles. The normalized spacial score (nSPS) is 14.1. The number of benzene rings is 1. The van der Waals surface area contributed by atoms with E-state index in [9.17, 15) is 5.11 Å². The highest BCUT2D eigenvalue weighted by Crippen LogP contribution is 2.19. The van der Waals surface area contributed by atoms with Crippen LogP contribution in [0.25, 0.3) is 0 Å². The molecule has 0 aliphatic heterocycles. The largest absolute Gasteiger partial charge is 0.491 e. The standard InChI is InChI=1S/C15H25NO4/c1-11-4-5-12(2)15(6-11)20-10-14(18)7-16-13(8-17)9-19-3/h4-6,13-14,16-18H,7-10H2,1-3H3. The molecule has 0 saturated heterocycles. The van der Waals surface area contributed by atoms with Crippen LogP contribution in [-0.4, -0.2) is 55.8 Å². The predicted octanol–water partition coefficient (Wildman–Crippen LogP) is 0.640. The number of nitrogens with one attached hydrogen (secondary N) is 1. The van der Waals surface area contributed by atoms with Crippen LogP contribution in [0.1, 0.15) is 11.1 Å². The fraction of sp³-hybridized carbons (Fsp3) is 0.600. The van der Waals surface area contributed by atoms with Crippen molar-refractivity contribution in [2.45, 2.75) is 26.0 Å². The molecular formula is C15H25NO4. The Hall–Kier alpha value is -1.14. The Balaban J connectivity index is 2.35. The van der Waals surface area contributed by atoms with E-state index in [1.54, 1.807) is 7.11 Å². The summed E-state index contributed by atoms with van der Waals surface area (Å²) in [5.41, 5.74) is 2.17. The van der Waals surface area contributed by atoms with E-state index >= 15 is 0 Å². The van der Waals surface area contributed by atoms with Gasteiger partial charge in [0.1, 0.15) is 18.5 Å². The quantitative estimate of drug-likeness (QED) is 0.620. The molecule has 1 rings (SSSR count). The Bertz CT molecular complexity index is 397. The van der Waals surface area contributed by atoms with Crippen molar-refractivity contribution >= 4 is 0 Å². The number of rotatable bonds is 9. The summed E-state index contributed by atoms with van der Waals surface area (Å²) >= 11 is 0. The second-order valence-corrected chi connectivity index (χ2v) is 4.98. The van der Waals surface area contributed by atoms with E-state index in [-0.39, 0.29) is 19.3 Å². The molecule has 2 unspecified atom stereocenters. The van der Waals surface area contributed by atoms with Crippen LogP contribution >= 0.6 is 0 Å². The van der Waals surface area contributed by atoms with Crippen molar-refractivity contribution in [3.63, 3.8) is 0 Å². The van der Waals surface area contributed by atoms with E-state index in [0.717, 1.165) is 16.9 Å². The van der Waals surface area contributed by atoms with E-state index < -0.39 is 6.10 Å². The molecule has 0 aliphatic rings. The summed E-state index contributed by atoms with van der Waals surface area (Å²) in [6.07, 6.45) is -0.638. The van der Waals surface area contributed by atoms with Gasteiger partial charge >= 0.3 is 0 Å². The van der Waals surface area contributed by atoms with Gasteiger partial charge in [-0.15, -0.1) is 0 Å². The molecule has 3 N–H and O–H groups in total. The molecule has 1 aromatic rings. The molecule has 5 heteroatoms. The average molecular weight is 283 g/mol. The van der Waals surface area contributed by atoms with Crippen LogP contribution in [0.2, 0.25) is 0 Å². The van der Waals surface area contributed by atoms with Crippen molar-refractivity contribution in [2.24, 2.45) is 0 Å². The second kappa shape index (κ2) is 8.92. The zero-order chi connectivity index (χ0) is 15.0. The molecule has 1 aromatic carbocycles. The minimum Gasteiger partial charge on any atom is -0.491 e. The molecule has 0 amide bonds. The van der Waals surface area contributed by atoms with Crippen LogP contribution in [0, 0.1) is 13.8 Å². The lowest BCUT2D eigenvalue weighted by Gasteiger charge is -2.19. The van der Waals surface area contributed by atoms with Gasteiger partial charge in [-0.3, -0.25) is 0 Å². The summed E-state index contributed by atoms with van der Waals surface area (Å²) < 4.78 is 10.6. The first-order chi connectivity index (χ1) is 9.56. The molecule has 0 aromatic heterocycles. The first-order valence-electron chi connectivity index (χ1n) is 6.78. The maximum absolute atomic E-state index is 9.87. The van der Waals surface area contributed by atoms with Crippen molar-refractivity contribution in [3.8, 4) is 5.75 Å². The number of hydrogen-bond acceptors (Lipinski definition) is 5. The lowest BCUT2D eigenvalue weighted by molar-refractivity contribution is 0.0852. The monoisotopic (exact) mass is 283 g/mol. The summed E-state index contributed by atoms with van der Waals surface area (Å²) in [5.74, 6) is 0.791. The third-order valence-electron chi connectivity index (χ3n) is 3.01. The highest BCUT2D eigenvalue weighted by atomic mass is 16.5. The number of aliphatic hydroxyl groups is 2. The molecule has 20 heavy (non-hydrogen) atoms. The van der Waals surface area contributed by atoms with E-state index in [1.165, 1.54) is 0 Å². The zero-order valence-electron chi connectivity index (χ0n) is 12.4. The fourth-order valence-corrected chi connectivity index (χ4v) is 1.79. The summed E-state index contributed by atoms with van der Waals surface area (Å²) in [4.78, 5) is 0. The van der Waals surface area contributed by atoms with Gasteiger partial charge in [0, 0.05) is 13.7 Å². The van der Waals surface area contributed by atoms with E-state index in [4.69, 9.17) is 14.6 Å². The predicted molar refractivity (Wildman–Crippen MR) is 78.2 cm³/mol. The molecule has 0 heterocycles. The minimum absolute atomic E-state index is 0.0294. The number of methoxy groups -OCH3 is 1. The van der Waals surface area contributed by atoms with E-state index in [2.05, 4.69) is 5.32 Å². The van der Waals surface area contributed by atoms with Gasteiger partial charge in [0.25, 0.3) is 0 Å². The number of aryl methyl sites for hydroxylation is 2. The van der Waals surface area contributed by atoms with Crippen LogP contribution in [0.5, 0.6) is 5.75 Å². The van der Waals surface area contributed by atoms with Crippen molar-refractivity contribution in [3.05, 3.63) is 29.3 Å². The molecule has 0 fully saturated rings. The van der Waals surface area contributed by atoms with Gasteiger partial charge in [-0.05, 0) is 31.0 Å². The number of aliphatic hydroxyl groups excluding tert-OH is 2. The Morgan fingerprint density at radius 3 is 2.65 bits per heavy atom. The third-order valence-corrected chi connectivity index (χ3v) is 3.01. The van der Waals surface area contributed by atoms with Gasteiger partial charge in [0.15, 0.2) is 0 Å². The topological polar surface area (TPSA) is 71.0 Å². The molecule has 0 bridgehead atoms. The molecule has 0 radical (unpaired) electrons. The summed E-state index contributed by atoms with van der Waals surface area (Å²) in [5, 5.41) is 22.0. The van der Waals surface area contributed by atoms with Gasteiger partial charge in [-0.2, -0.15) is 0 Å². The number of hydrogen-bond donors (Lipinski definition) is 3. The first-order valence-corrected chi connectivity index (χ1v) is 6.78. The van der Waals surface area contributed by atoms with Crippen LogP contribution in [0.15, 0.2) is 18.2 Å². The maximum atomic E-state index is 9.87. The third kappa shape index (κ3) is 5.88. The highest BCUT2D eigenvalue weighted by molar-refractivity contribution is 5.35. The first kappa shape index (κ1) is 16.9. The Kier molecular flexibility index (Phi) is 7.54. The average Bonchev–Trinajstić information content (AvgIpc) is 2.44. The zero-order valence-corrected chi connectivity index (χ0v) is 12.4. The van der Waals surface area contributed by atoms with Gasteiger partial charge in [-0.1, -0.05) is 12.1 Å². The van der Waals surface area contributed by atoms with Crippen molar-refractivity contribution < 1.29 is 19.7 Å². The second-order valence-electron chi connectivity index (χ2n) is 4.98. The van der Waals surface area contributed by atoms with Crippen LogP contribution in [0.3, 0.4) is 0 Å². The Morgan fingerprint density at radius 1 is 1.25 bits per heavy atom. The van der Waals surface area contributed by atoms with E-state index in [0.29, 0.717) is 13.2 Å². The maximum Gasteiger partial charge on any atom is 0.122 e. The molecule has 5 nitrogen and oxygen atoms in total. The lowest BCUT2D eigenvalue weighted by Crippen LogP contribution is -2.42. The van der Waals surface area contributed by atoms with Gasteiger partial charge in [0.05, 0.1) is 19.3 Å². The Labute approximate surface area is 120 Å². The van der Waals surface area contributed by atoms with Crippen LogP contribution < -0.4 is 10.1 Å². The molecular weight excluding hydrogens is 258 g/mol. The number of ether oxygens (including phenoxy) is 2. The Morgan fingerprint density at radius 2 is 2.00 bits per heavy atom. The van der Waals surface area contributed by atoms with Gasteiger partial charge < -0.3 is 25.0 Å². The summed E-state index contributed by atoms with van der Waals surface area (Å²) in [7, 11) is 1.57. The SMILES string of the molecule is COCC(CO)NCC(O)COc1cc(C)ccc1C. The van der Waals surface area contributed by atoms with Crippen LogP contribution in [0.4, 0.5) is 0 Å².